The highest BCUT2D eigenvalue weighted by Gasteiger charge is 2.24. The Morgan fingerprint density at radius 3 is 2.48 bits per heavy atom. The standard InChI is InChI=1S/C18H26N2O3/c1-14(2)12-17(21)19-16-8-10-20(11-9-16)18(22)23-13-15-6-4-3-5-7-15/h3-7,14,16H,8-13H2,1-2H3,(H,19,21). The fourth-order valence-electron chi connectivity index (χ4n) is 2.67. The summed E-state index contributed by atoms with van der Waals surface area (Å²) in [5, 5.41) is 3.05. The molecule has 1 aliphatic rings. The van der Waals surface area contributed by atoms with E-state index in [1.54, 1.807) is 4.90 Å². The fraction of sp³-hybridized carbons (Fsp3) is 0.556. The van der Waals surface area contributed by atoms with Crippen molar-refractivity contribution in [3.8, 4) is 0 Å². The van der Waals surface area contributed by atoms with Gasteiger partial charge >= 0.3 is 6.09 Å². The zero-order valence-electron chi connectivity index (χ0n) is 14.0. The molecule has 5 heteroatoms. The van der Waals surface area contributed by atoms with Crippen LogP contribution in [0, 0.1) is 5.92 Å². The van der Waals surface area contributed by atoms with Gasteiger partial charge in [-0.25, -0.2) is 4.79 Å². The van der Waals surface area contributed by atoms with Gasteiger partial charge in [0, 0.05) is 25.6 Å². The lowest BCUT2D eigenvalue weighted by molar-refractivity contribution is -0.122. The molecule has 126 valence electrons. The van der Waals surface area contributed by atoms with Crippen molar-refractivity contribution < 1.29 is 14.3 Å². The van der Waals surface area contributed by atoms with Crippen molar-refractivity contribution in [2.24, 2.45) is 5.92 Å². The van der Waals surface area contributed by atoms with Crippen molar-refractivity contribution in [1.82, 2.24) is 10.2 Å². The molecule has 1 aromatic rings. The Hall–Kier alpha value is -2.04. The van der Waals surface area contributed by atoms with E-state index in [0.717, 1.165) is 18.4 Å². The smallest absolute Gasteiger partial charge is 0.410 e. The summed E-state index contributed by atoms with van der Waals surface area (Å²) in [6.07, 6.45) is 1.84. The van der Waals surface area contributed by atoms with Crippen LogP contribution in [0.2, 0.25) is 0 Å². The van der Waals surface area contributed by atoms with Gasteiger partial charge < -0.3 is 15.0 Å². The summed E-state index contributed by atoms with van der Waals surface area (Å²) in [5.74, 6) is 0.466. The molecule has 1 heterocycles. The molecule has 1 fully saturated rings. The van der Waals surface area contributed by atoms with Gasteiger partial charge in [0.05, 0.1) is 0 Å². The first-order chi connectivity index (χ1) is 11.0. The van der Waals surface area contributed by atoms with Crippen LogP contribution in [0.1, 0.15) is 38.7 Å². The molecule has 0 unspecified atom stereocenters. The van der Waals surface area contributed by atoms with Gasteiger partial charge in [-0.15, -0.1) is 0 Å². The largest absolute Gasteiger partial charge is 0.445 e. The third kappa shape index (κ3) is 5.93. The highest BCUT2D eigenvalue weighted by Crippen LogP contribution is 2.13. The molecule has 2 rings (SSSR count). The number of nitrogens with zero attached hydrogens (tertiary/aromatic N) is 1. The van der Waals surface area contributed by atoms with Crippen LogP contribution in [-0.4, -0.2) is 36.0 Å². The van der Waals surface area contributed by atoms with Gasteiger partial charge in [-0.1, -0.05) is 44.2 Å². The van der Waals surface area contributed by atoms with Gasteiger partial charge in [0.25, 0.3) is 0 Å². The molecule has 0 aliphatic carbocycles. The van der Waals surface area contributed by atoms with Crippen LogP contribution >= 0.6 is 0 Å². The summed E-state index contributed by atoms with van der Waals surface area (Å²) >= 11 is 0. The number of likely N-dealkylation sites (tertiary alicyclic amines) is 1. The lowest BCUT2D eigenvalue weighted by atomic mass is 10.0. The first-order valence-electron chi connectivity index (χ1n) is 8.29. The molecule has 1 N–H and O–H groups in total. The molecule has 0 atom stereocenters. The van der Waals surface area contributed by atoms with E-state index < -0.39 is 0 Å². The van der Waals surface area contributed by atoms with Crippen molar-refractivity contribution in [2.75, 3.05) is 13.1 Å². The average Bonchev–Trinajstić information content (AvgIpc) is 2.53. The lowest BCUT2D eigenvalue weighted by Crippen LogP contribution is -2.46. The van der Waals surface area contributed by atoms with Crippen LogP contribution in [0.3, 0.4) is 0 Å². The minimum absolute atomic E-state index is 0.102. The van der Waals surface area contributed by atoms with Crippen molar-refractivity contribution in [3.05, 3.63) is 35.9 Å². The van der Waals surface area contributed by atoms with E-state index in [9.17, 15) is 9.59 Å². The van der Waals surface area contributed by atoms with E-state index in [1.165, 1.54) is 0 Å². The van der Waals surface area contributed by atoms with Gasteiger partial charge in [0.15, 0.2) is 0 Å². The first kappa shape index (κ1) is 17.3. The summed E-state index contributed by atoms with van der Waals surface area (Å²) in [6, 6.07) is 9.82. The number of carbonyl (C=O) groups is 2. The Morgan fingerprint density at radius 2 is 1.87 bits per heavy atom. The van der Waals surface area contributed by atoms with Crippen molar-refractivity contribution in [2.45, 2.75) is 45.8 Å². The molecule has 0 aromatic heterocycles. The Bertz CT molecular complexity index is 508. The van der Waals surface area contributed by atoms with Crippen LogP contribution in [-0.2, 0) is 16.1 Å². The molecule has 0 radical (unpaired) electrons. The zero-order valence-corrected chi connectivity index (χ0v) is 14.0. The average molecular weight is 318 g/mol. The molecule has 0 spiro atoms. The normalized spacial score (nSPS) is 15.5. The van der Waals surface area contributed by atoms with E-state index in [-0.39, 0.29) is 18.0 Å². The van der Waals surface area contributed by atoms with Gasteiger partial charge in [0.2, 0.25) is 5.91 Å². The number of nitrogens with one attached hydrogen (secondary N) is 1. The summed E-state index contributed by atoms with van der Waals surface area (Å²) in [4.78, 5) is 25.6. The third-order valence-electron chi connectivity index (χ3n) is 3.92. The molecule has 2 amide bonds. The molecule has 5 nitrogen and oxygen atoms in total. The van der Waals surface area contributed by atoms with E-state index in [4.69, 9.17) is 4.74 Å². The number of hydrogen-bond acceptors (Lipinski definition) is 3. The summed E-state index contributed by atoms with van der Waals surface area (Å²) in [6.45, 7) is 5.61. The number of carbonyl (C=O) groups excluding carboxylic acids is 2. The number of ether oxygens (including phenoxy) is 1. The number of rotatable bonds is 5. The van der Waals surface area contributed by atoms with Crippen LogP contribution in [0.5, 0.6) is 0 Å². The molecule has 23 heavy (non-hydrogen) atoms. The van der Waals surface area contributed by atoms with Gasteiger partial charge in [-0.2, -0.15) is 0 Å². The Labute approximate surface area is 138 Å². The van der Waals surface area contributed by atoms with Crippen LogP contribution in [0.25, 0.3) is 0 Å². The number of piperidine rings is 1. The summed E-state index contributed by atoms with van der Waals surface area (Å²) in [7, 11) is 0. The molecular formula is C18H26N2O3. The minimum atomic E-state index is -0.277. The van der Waals surface area contributed by atoms with Gasteiger partial charge in [0.1, 0.15) is 6.61 Å². The molecule has 0 bridgehead atoms. The van der Waals surface area contributed by atoms with Crippen molar-refractivity contribution in [1.29, 1.82) is 0 Å². The van der Waals surface area contributed by atoms with E-state index >= 15 is 0 Å². The van der Waals surface area contributed by atoms with Crippen molar-refractivity contribution >= 4 is 12.0 Å². The van der Waals surface area contributed by atoms with Gasteiger partial charge in [-0.05, 0) is 24.3 Å². The molecule has 1 aliphatic heterocycles. The van der Waals surface area contributed by atoms with Crippen molar-refractivity contribution in [3.63, 3.8) is 0 Å². The number of amides is 2. The molecule has 0 saturated carbocycles. The van der Waals surface area contributed by atoms with E-state index in [0.29, 0.717) is 32.0 Å². The summed E-state index contributed by atoms with van der Waals surface area (Å²) in [5.41, 5.74) is 0.983. The van der Waals surface area contributed by atoms with Crippen LogP contribution in [0.15, 0.2) is 30.3 Å². The predicted octanol–water partition coefficient (Wildman–Crippen LogP) is 2.95. The second-order valence-corrected chi connectivity index (χ2v) is 6.47. The maximum absolute atomic E-state index is 12.1. The predicted molar refractivity (Wildman–Crippen MR) is 88.8 cm³/mol. The fourth-order valence-corrected chi connectivity index (χ4v) is 2.67. The van der Waals surface area contributed by atoms with Gasteiger partial charge in [-0.3, -0.25) is 4.79 Å². The Balaban J connectivity index is 1.69. The minimum Gasteiger partial charge on any atom is -0.445 e. The number of hydrogen-bond donors (Lipinski definition) is 1. The molecule has 1 aromatic carbocycles. The highest BCUT2D eigenvalue weighted by atomic mass is 16.6. The Morgan fingerprint density at radius 1 is 1.22 bits per heavy atom. The molecular weight excluding hydrogens is 292 g/mol. The second kappa shape index (κ2) is 8.56. The quantitative estimate of drug-likeness (QED) is 0.908. The molecule has 1 saturated heterocycles. The van der Waals surface area contributed by atoms with E-state index in [1.807, 2.05) is 44.2 Å². The second-order valence-electron chi connectivity index (χ2n) is 6.47. The maximum atomic E-state index is 12.1. The summed E-state index contributed by atoms with van der Waals surface area (Å²) < 4.78 is 5.34. The third-order valence-corrected chi connectivity index (χ3v) is 3.92. The Kier molecular flexibility index (Phi) is 6.44. The number of benzene rings is 1. The first-order valence-corrected chi connectivity index (χ1v) is 8.29. The topological polar surface area (TPSA) is 58.6 Å². The van der Waals surface area contributed by atoms with Crippen LogP contribution in [0.4, 0.5) is 4.79 Å². The monoisotopic (exact) mass is 318 g/mol. The maximum Gasteiger partial charge on any atom is 0.410 e. The van der Waals surface area contributed by atoms with E-state index in [2.05, 4.69) is 5.32 Å². The SMILES string of the molecule is CC(C)CC(=O)NC1CCN(C(=O)OCc2ccccc2)CC1. The lowest BCUT2D eigenvalue weighted by Gasteiger charge is -2.31. The van der Waals surface area contributed by atoms with Crippen LogP contribution < -0.4 is 5.32 Å². The highest BCUT2D eigenvalue weighted by molar-refractivity contribution is 5.76. The zero-order chi connectivity index (χ0) is 16.7.